The fraction of sp³-hybridized carbons (Fsp3) is 0.636. The Balaban J connectivity index is -0.000000135. The number of rotatable bonds is 0. The third-order valence-corrected chi connectivity index (χ3v) is 0.586. The molecule has 0 unspecified atom stereocenters. The van der Waals surface area contributed by atoms with E-state index in [1.165, 1.54) is 0 Å². The second-order valence-electron chi connectivity index (χ2n) is 3.19. The fourth-order valence-electron chi connectivity index (χ4n) is 0.340. The monoisotopic (exact) mass is 252 g/mol. The summed E-state index contributed by atoms with van der Waals surface area (Å²) in [6.45, 7) is 6.89. The van der Waals surface area contributed by atoms with Crippen LogP contribution in [0.3, 0.4) is 0 Å². The van der Waals surface area contributed by atoms with Crippen LogP contribution in [0.25, 0.3) is 0 Å². The molecule has 1 rings (SSSR count). The molecule has 0 bridgehead atoms. The fourth-order valence-corrected chi connectivity index (χ4v) is 0.340. The predicted molar refractivity (Wildman–Crippen MR) is 57.0 cm³/mol. The van der Waals surface area contributed by atoms with Crippen molar-refractivity contribution in [3.63, 3.8) is 0 Å². The Hall–Kier alpha value is -0.216. The van der Waals surface area contributed by atoms with Crippen LogP contribution in [0.15, 0.2) is 18.2 Å². The zero-order valence-electron chi connectivity index (χ0n) is 9.84. The summed E-state index contributed by atoms with van der Waals surface area (Å²) in [6.07, 6.45) is 9.67. The molecule has 89 valence electrons. The second-order valence-corrected chi connectivity index (χ2v) is 3.19. The molecule has 0 fully saturated rings. The van der Waals surface area contributed by atoms with Crippen LogP contribution in [-0.2, 0) is 21.0 Å². The molecular formula is C11H21O3V-. The molecule has 0 aromatic heterocycles. The summed E-state index contributed by atoms with van der Waals surface area (Å²) in [5.41, 5.74) is 0. The van der Waals surface area contributed by atoms with Crippen molar-refractivity contribution in [2.24, 2.45) is 0 Å². The minimum atomic E-state index is -0.167. The van der Waals surface area contributed by atoms with Crippen molar-refractivity contribution >= 4 is 0 Å². The molecule has 0 amide bonds. The zero-order valence-corrected chi connectivity index (χ0v) is 11.2. The van der Waals surface area contributed by atoms with E-state index >= 15 is 0 Å². The van der Waals surface area contributed by atoms with Gasteiger partial charge in [0.15, 0.2) is 0 Å². The van der Waals surface area contributed by atoms with Gasteiger partial charge in [-0.3, -0.25) is 6.08 Å². The molecule has 0 aromatic rings. The van der Waals surface area contributed by atoms with Crippen molar-refractivity contribution in [2.75, 3.05) is 0 Å². The van der Waals surface area contributed by atoms with E-state index in [2.05, 4.69) is 12.2 Å². The van der Waals surface area contributed by atoms with Crippen molar-refractivity contribution in [3.05, 3.63) is 24.3 Å². The number of hydrogen-bond acceptors (Lipinski definition) is 3. The SMILES string of the molecule is CC(C)O.CC(C)O.[C-]1=CC=CC1.[O]=[V]. The van der Waals surface area contributed by atoms with Gasteiger partial charge in [0.1, 0.15) is 0 Å². The number of hydrogen-bond donors (Lipinski definition) is 2. The van der Waals surface area contributed by atoms with Gasteiger partial charge >= 0.3 is 21.0 Å². The van der Waals surface area contributed by atoms with Crippen molar-refractivity contribution in [3.8, 4) is 0 Å². The molecule has 0 heterocycles. The molecule has 15 heavy (non-hydrogen) atoms. The Bertz CT molecular complexity index is 132. The Morgan fingerprint density at radius 3 is 1.53 bits per heavy atom. The van der Waals surface area contributed by atoms with Crippen LogP contribution in [0.4, 0.5) is 0 Å². The van der Waals surface area contributed by atoms with Crippen LogP contribution in [0.1, 0.15) is 34.1 Å². The first-order valence-electron chi connectivity index (χ1n) is 4.73. The Morgan fingerprint density at radius 1 is 1.13 bits per heavy atom. The summed E-state index contributed by atoms with van der Waals surface area (Å²) in [5, 5.41) is 16.1. The van der Waals surface area contributed by atoms with E-state index in [0.29, 0.717) is 0 Å². The summed E-state index contributed by atoms with van der Waals surface area (Å²) in [4.78, 5) is 0. The standard InChI is InChI=1S/C5H5.2C3H8O.O.V/c1-2-4-5-3-1;2*1-3(2)4;;/h1-3H,4H2;2*3-4H,1-2H3;;/q-1;;;;. The van der Waals surface area contributed by atoms with Crippen molar-refractivity contribution < 1.29 is 31.3 Å². The molecule has 0 saturated carbocycles. The number of aliphatic hydroxyl groups is 2. The van der Waals surface area contributed by atoms with Gasteiger partial charge in [-0.15, -0.1) is 6.42 Å². The van der Waals surface area contributed by atoms with Crippen molar-refractivity contribution in [1.82, 2.24) is 0 Å². The maximum absolute atomic E-state index is 8.19. The maximum atomic E-state index is 8.19. The first kappa shape index (κ1) is 20.2. The van der Waals surface area contributed by atoms with Crippen LogP contribution < -0.4 is 0 Å². The summed E-state index contributed by atoms with van der Waals surface area (Å²) in [6, 6.07) is 0. The molecule has 2 N–H and O–H groups in total. The van der Waals surface area contributed by atoms with Gasteiger partial charge < -0.3 is 10.2 Å². The van der Waals surface area contributed by atoms with E-state index in [4.69, 9.17) is 13.9 Å². The molecule has 1 aliphatic rings. The minimum absolute atomic E-state index is 0.167. The molecule has 3 nitrogen and oxygen atoms in total. The number of allylic oxidation sites excluding steroid dienone is 4. The van der Waals surface area contributed by atoms with Gasteiger partial charge in [0.05, 0.1) is 0 Å². The Kier molecular flexibility index (Phi) is 26.1. The van der Waals surface area contributed by atoms with Gasteiger partial charge in [0.25, 0.3) is 0 Å². The molecule has 0 aromatic carbocycles. The number of aliphatic hydroxyl groups excluding tert-OH is 2. The van der Waals surface area contributed by atoms with E-state index in [0.717, 1.165) is 23.8 Å². The third-order valence-electron chi connectivity index (χ3n) is 0.586. The predicted octanol–water partition coefficient (Wildman–Crippen LogP) is 1.96. The quantitative estimate of drug-likeness (QED) is 0.648. The van der Waals surface area contributed by atoms with Crippen LogP contribution in [-0.4, -0.2) is 22.4 Å². The van der Waals surface area contributed by atoms with Crippen LogP contribution >= 0.6 is 0 Å². The van der Waals surface area contributed by atoms with E-state index in [9.17, 15) is 0 Å². The summed E-state index contributed by atoms with van der Waals surface area (Å²) >= 11 is 1.06. The average molecular weight is 252 g/mol. The molecule has 0 saturated heterocycles. The van der Waals surface area contributed by atoms with Gasteiger partial charge in [0.2, 0.25) is 0 Å². The molecule has 0 radical (unpaired) electrons. The van der Waals surface area contributed by atoms with E-state index in [1.54, 1.807) is 27.7 Å². The topological polar surface area (TPSA) is 57.5 Å². The molecule has 4 heteroatoms. The first-order chi connectivity index (χ1) is 6.96. The van der Waals surface area contributed by atoms with Gasteiger partial charge in [-0.2, -0.15) is 6.08 Å². The summed E-state index contributed by atoms with van der Waals surface area (Å²) in [7, 11) is 0. The van der Waals surface area contributed by atoms with Gasteiger partial charge in [-0.25, -0.2) is 12.2 Å². The summed E-state index contributed by atoms with van der Waals surface area (Å²) < 4.78 is 8.19. The Morgan fingerprint density at radius 2 is 1.47 bits per heavy atom. The van der Waals surface area contributed by atoms with E-state index in [-0.39, 0.29) is 12.2 Å². The molecule has 1 aliphatic carbocycles. The summed E-state index contributed by atoms with van der Waals surface area (Å²) in [5.74, 6) is 0. The zero-order chi connectivity index (χ0) is 12.7. The average Bonchev–Trinajstić information content (AvgIpc) is 2.61. The van der Waals surface area contributed by atoms with Crippen LogP contribution in [0.5, 0.6) is 0 Å². The van der Waals surface area contributed by atoms with Crippen molar-refractivity contribution in [2.45, 2.75) is 46.3 Å². The molecule has 0 atom stereocenters. The molecule has 0 aliphatic heterocycles. The van der Waals surface area contributed by atoms with Crippen LogP contribution in [0, 0.1) is 6.08 Å². The molecular weight excluding hydrogens is 231 g/mol. The normalized spacial score (nSPS) is 10.9. The third kappa shape index (κ3) is 83.6. The van der Waals surface area contributed by atoms with E-state index in [1.807, 2.05) is 12.2 Å². The van der Waals surface area contributed by atoms with Crippen LogP contribution in [0.2, 0.25) is 0 Å². The van der Waals surface area contributed by atoms with Gasteiger partial charge in [0, 0.05) is 12.2 Å². The van der Waals surface area contributed by atoms with Crippen molar-refractivity contribution in [1.29, 1.82) is 0 Å². The first-order valence-corrected chi connectivity index (χ1v) is 5.30. The molecule has 0 spiro atoms. The van der Waals surface area contributed by atoms with Gasteiger partial charge in [-0.05, 0) is 27.7 Å². The van der Waals surface area contributed by atoms with E-state index < -0.39 is 0 Å². The Labute approximate surface area is 102 Å². The second kappa shape index (κ2) is 19.4. The van der Waals surface area contributed by atoms with Gasteiger partial charge in [-0.1, -0.05) is 0 Å².